The highest BCUT2D eigenvalue weighted by Gasteiger charge is 2.06. The van der Waals surface area contributed by atoms with E-state index < -0.39 is 0 Å². The molecular formula is C16H20N2O2S. The van der Waals surface area contributed by atoms with Crippen molar-refractivity contribution in [2.24, 2.45) is 0 Å². The Morgan fingerprint density at radius 3 is 3.05 bits per heavy atom. The lowest BCUT2D eigenvalue weighted by atomic mass is 10.2. The lowest BCUT2D eigenvalue weighted by Gasteiger charge is -2.08. The molecule has 0 aliphatic carbocycles. The number of hydrogen-bond acceptors (Lipinski definition) is 4. The number of thiazole rings is 1. The zero-order valence-corrected chi connectivity index (χ0v) is 13.0. The van der Waals surface area contributed by atoms with Crippen LogP contribution < -0.4 is 10.1 Å². The summed E-state index contributed by atoms with van der Waals surface area (Å²) in [7, 11) is 0. The van der Waals surface area contributed by atoms with Crippen LogP contribution in [-0.4, -0.2) is 17.4 Å². The van der Waals surface area contributed by atoms with Crippen LogP contribution in [0.4, 0.5) is 0 Å². The molecule has 0 unspecified atom stereocenters. The van der Waals surface area contributed by atoms with Gasteiger partial charge in [-0.1, -0.05) is 25.8 Å². The second-order valence-corrected chi connectivity index (χ2v) is 5.48. The van der Waals surface area contributed by atoms with E-state index in [-0.39, 0.29) is 5.91 Å². The van der Waals surface area contributed by atoms with Crippen molar-refractivity contribution in [2.75, 3.05) is 6.54 Å². The molecule has 0 atom stereocenters. The van der Waals surface area contributed by atoms with Gasteiger partial charge in [0.25, 0.3) is 5.91 Å². The summed E-state index contributed by atoms with van der Waals surface area (Å²) in [5.74, 6) is 0.634. The van der Waals surface area contributed by atoms with E-state index in [2.05, 4.69) is 17.2 Å². The summed E-state index contributed by atoms with van der Waals surface area (Å²) < 4.78 is 5.65. The molecule has 1 aromatic carbocycles. The molecule has 2 rings (SSSR count). The van der Waals surface area contributed by atoms with Gasteiger partial charge in [0.1, 0.15) is 12.4 Å². The largest absolute Gasteiger partial charge is 0.487 e. The molecule has 0 saturated carbocycles. The number of carbonyl (C=O) groups is 1. The van der Waals surface area contributed by atoms with Gasteiger partial charge < -0.3 is 10.1 Å². The summed E-state index contributed by atoms with van der Waals surface area (Å²) in [4.78, 5) is 16.2. The van der Waals surface area contributed by atoms with Crippen LogP contribution in [0.25, 0.3) is 0 Å². The highest BCUT2D eigenvalue weighted by atomic mass is 32.1. The average Bonchev–Trinajstić information content (AvgIpc) is 3.03. The summed E-state index contributed by atoms with van der Waals surface area (Å²) in [6.45, 7) is 3.28. The van der Waals surface area contributed by atoms with Crippen LogP contribution in [0.2, 0.25) is 0 Å². The van der Waals surface area contributed by atoms with Crippen molar-refractivity contribution >= 4 is 17.2 Å². The zero-order valence-electron chi connectivity index (χ0n) is 12.2. The topological polar surface area (TPSA) is 51.2 Å². The Balaban J connectivity index is 1.86. The van der Waals surface area contributed by atoms with Gasteiger partial charge in [0.15, 0.2) is 0 Å². The van der Waals surface area contributed by atoms with Crippen LogP contribution in [0.5, 0.6) is 5.75 Å². The molecule has 0 saturated heterocycles. The first-order chi connectivity index (χ1) is 10.3. The first kappa shape index (κ1) is 15.5. The number of carbonyl (C=O) groups excluding carboxylic acids is 1. The van der Waals surface area contributed by atoms with Crippen molar-refractivity contribution in [2.45, 2.75) is 32.8 Å². The SMILES string of the molecule is CCCCCNC(=O)c1cccc(OCc2cscn2)c1. The van der Waals surface area contributed by atoms with Gasteiger partial charge in [-0.2, -0.15) is 0 Å². The number of aromatic nitrogens is 1. The van der Waals surface area contributed by atoms with Crippen molar-refractivity contribution in [3.8, 4) is 5.75 Å². The minimum Gasteiger partial charge on any atom is -0.487 e. The summed E-state index contributed by atoms with van der Waals surface area (Å²) in [6, 6.07) is 7.24. The predicted molar refractivity (Wildman–Crippen MR) is 84.7 cm³/mol. The van der Waals surface area contributed by atoms with Gasteiger partial charge in [-0.15, -0.1) is 11.3 Å². The zero-order chi connectivity index (χ0) is 14.9. The monoisotopic (exact) mass is 304 g/mol. The molecule has 1 aromatic heterocycles. The molecule has 1 N–H and O–H groups in total. The maximum atomic E-state index is 12.0. The van der Waals surface area contributed by atoms with Crippen molar-refractivity contribution < 1.29 is 9.53 Å². The van der Waals surface area contributed by atoms with E-state index in [0.717, 1.165) is 31.5 Å². The van der Waals surface area contributed by atoms with Crippen LogP contribution in [0.15, 0.2) is 35.2 Å². The summed E-state index contributed by atoms with van der Waals surface area (Å²) >= 11 is 1.54. The van der Waals surface area contributed by atoms with E-state index in [1.165, 1.54) is 0 Å². The Hall–Kier alpha value is -1.88. The molecule has 112 valence electrons. The number of ether oxygens (including phenoxy) is 1. The van der Waals surface area contributed by atoms with Crippen LogP contribution in [0, 0.1) is 0 Å². The third-order valence-electron chi connectivity index (χ3n) is 3.03. The fourth-order valence-electron chi connectivity index (χ4n) is 1.87. The van der Waals surface area contributed by atoms with E-state index in [4.69, 9.17) is 4.74 Å². The molecule has 0 aliphatic heterocycles. The van der Waals surface area contributed by atoms with E-state index >= 15 is 0 Å². The molecule has 21 heavy (non-hydrogen) atoms. The minimum atomic E-state index is -0.0507. The third-order valence-corrected chi connectivity index (χ3v) is 3.67. The molecule has 4 nitrogen and oxygen atoms in total. The number of nitrogens with one attached hydrogen (secondary N) is 1. The molecule has 2 aromatic rings. The highest BCUT2D eigenvalue weighted by molar-refractivity contribution is 7.07. The number of benzene rings is 1. The quantitative estimate of drug-likeness (QED) is 0.757. The number of nitrogens with zero attached hydrogens (tertiary/aromatic N) is 1. The Labute approximate surface area is 129 Å². The molecule has 0 aliphatic rings. The highest BCUT2D eigenvalue weighted by Crippen LogP contribution is 2.15. The molecule has 0 bridgehead atoms. The standard InChI is InChI=1S/C16H20N2O2S/c1-2-3-4-8-17-16(19)13-6-5-7-15(9-13)20-10-14-11-21-12-18-14/h5-7,9,11-12H,2-4,8,10H2,1H3,(H,17,19). The first-order valence-corrected chi connectivity index (χ1v) is 8.12. The number of rotatable bonds is 8. The van der Waals surface area contributed by atoms with Crippen molar-refractivity contribution in [3.63, 3.8) is 0 Å². The molecule has 0 spiro atoms. The van der Waals surface area contributed by atoms with Gasteiger partial charge in [0.05, 0.1) is 11.2 Å². The van der Waals surface area contributed by atoms with Gasteiger partial charge in [0.2, 0.25) is 0 Å². The van der Waals surface area contributed by atoms with Gasteiger partial charge in [-0.05, 0) is 24.6 Å². The van der Waals surface area contributed by atoms with E-state index in [0.29, 0.717) is 17.9 Å². The van der Waals surface area contributed by atoms with Crippen molar-refractivity contribution in [1.29, 1.82) is 0 Å². The minimum absolute atomic E-state index is 0.0507. The average molecular weight is 304 g/mol. The second kappa shape index (κ2) is 8.42. The molecular weight excluding hydrogens is 284 g/mol. The number of unbranched alkanes of at least 4 members (excludes halogenated alkanes) is 2. The Morgan fingerprint density at radius 1 is 1.38 bits per heavy atom. The molecule has 0 radical (unpaired) electrons. The predicted octanol–water partition coefficient (Wildman–Crippen LogP) is 3.64. The normalized spacial score (nSPS) is 10.3. The van der Waals surface area contributed by atoms with Gasteiger partial charge in [0, 0.05) is 17.5 Å². The van der Waals surface area contributed by atoms with Crippen LogP contribution >= 0.6 is 11.3 Å². The van der Waals surface area contributed by atoms with Gasteiger partial charge in [-0.25, -0.2) is 4.98 Å². The molecule has 5 heteroatoms. The Kier molecular flexibility index (Phi) is 6.22. The second-order valence-electron chi connectivity index (χ2n) is 4.76. The lowest BCUT2D eigenvalue weighted by molar-refractivity contribution is 0.0952. The maximum absolute atomic E-state index is 12.0. The summed E-state index contributed by atoms with van der Waals surface area (Å²) in [5, 5.41) is 4.87. The maximum Gasteiger partial charge on any atom is 0.251 e. The Morgan fingerprint density at radius 2 is 2.29 bits per heavy atom. The van der Waals surface area contributed by atoms with Crippen LogP contribution in [-0.2, 0) is 6.61 Å². The summed E-state index contributed by atoms with van der Waals surface area (Å²) in [6.07, 6.45) is 3.30. The fraction of sp³-hybridized carbons (Fsp3) is 0.375. The number of hydrogen-bond donors (Lipinski definition) is 1. The molecule has 0 fully saturated rings. The van der Waals surface area contributed by atoms with Crippen molar-refractivity contribution in [3.05, 3.63) is 46.4 Å². The smallest absolute Gasteiger partial charge is 0.251 e. The first-order valence-electron chi connectivity index (χ1n) is 7.17. The van der Waals surface area contributed by atoms with Gasteiger partial charge >= 0.3 is 0 Å². The third kappa shape index (κ3) is 5.19. The van der Waals surface area contributed by atoms with E-state index in [9.17, 15) is 4.79 Å². The van der Waals surface area contributed by atoms with E-state index in [1.807, 2.05) is 17.5 Å². The van der Waals surface area contributed by atoms with E-state index in [1.54, 1.807) is 29.0 Å². The summed E-state index contributed by atoms with van der Waals surface area (Å²) in [5.41, 5.74) is 3.30. The lowest BCUT2D eigenvalue weighted by Crippen LogP contribution is -2.24. The Bertz CT molecular complexity index is 555. The fourth-order valence-corrected chi connectivity index (χ4v) is 2.42. The number of amides is 1. The van der Waals surface area contributed by atoms with Crippen molar-refractivity contribution in [1.82, 2.24) is 10.3 Å². The van der Waals surface area contributed by atoms with Crippen LogP contribution in [0.1, 0.15) is 42.2 Å². The van der Waals surface area contributed by atoms with Crippen LogP contribution in [0.3, 0.4) is 0 Å². The molecule has 1 amide bonds. The molecule has 1 heterocycles. The van der Waals surface area contributed by atoms with Gasteiger partial charge in [-0.3, -0.25) is 4.79 Å².